The van der Waals surface area contributed by atoms with Crippen LogP contribution in [0.1, 0.15) is 19.4 Å². The van der Waals surface area contributed by atoms with Crippen LogP contribution in [0.3, 0.4) is 0 Å². The van der Waals surface area contributed by atoms with E-state index in [-0.39, 0.29) is 30.8 Å². The zero-order valence-corrected chi connectivity index (χ0v) is 17.5. The van der Waals surface area contributed by atoms with Gasteiger partial charge >= 0.3 is 0 Å². The molecule has 0 bridgehead atoms. The summed E-state index contributed by atoms with van der Waals surface area (Å²) in [6.45, 7) is 4.49. The summed E-state index contributed by atoms with van der Waals surface area (Å²) in [4.78, 5) is 37.4. The van der Waals surface area contributed by atoms with Gasteiger partial charge in [0.2, 0.25) is 17.7 Å². The third-order valence-electron chi connectivity index (χ3n) is 4.29. The highest BCUT2D eigenvalue weighted by atomic mass is 16.5. The number of nitrogens with one attached hydrogen (secondary N) is 3. The molecule has 2 rings (SSSR count). The molecule has 160 valence electrons. The quantitative estimate of drug-likeness (QED) is 0.556. The highest BCUT2D eigenvalue weighted by molar-refractivity contribution is 5.93. The lowest BCUT2D eigenvalue weighted by atomic mass is 10.2. The largest absolute Gasteiger partial charge is 0.497 e. The third-order valence-corrected chi connectivity index (χ3v) is 4.29. The van der Waals surface area contributed by atoms with Crippen LogP contribution >= 0.6 is 0 Å². The van der Waals surface area contributed by atoms with Gasteiger partial charge in [0.05, 0.1) is 20.2 Å². The molecule has 8 heteroatoms. The summed E-state index contributed by atoms with van der Waals surface area (Å²) in [6.07, 6.45) is 0. The number of methoxy groups -OCH3 is 1. The van der Waals surface area contributed by atoms with Gasteiger partial charge in [-0.25, -0.2) is 0 Å². The van der Waals surface area contributed by atoms with Crippen molar-refractivity contribution in [2.75, 3.05) is 37.4 Å². The average molecular weight is 412 g/mol. The first-order valence-electron chi connectivity index (χ1n) is 9.69. The summed E-state index contributed by atoms with van der Waals surface area (Å²) in [5, 5.41) is 8.32. The fourth-order valence-electron chi connectivity index (χ4n) is 2.77. The van der Waals surface area contributed by atoms with Crippen molar-refractivity contribution in [3.63, 3.8) is 0 Å². The van der Waals surface area contributed by atoms with Gasteiger partial charge in [-0.05, 0) is 48.5 Å². The van der Waals surface area contributed by atoms with E-state index < -0.39 is 0 Å². The minimum absolute atomic E-state index is 0.0938. The van der Waals surface area contributed by atoms with Gasteiger partial charge < -0.3 is 20.7 Å². The number of rotatable bonds is 10. The van der Waals surface area contributed by atoms with Crippen LogP contribution in [0, 0.1) is 0 Å². The Bertz CT molecular complexity index is 868. The Morgan fingerprint density at radius 1 is 0.933 bits per heavy atom. The van der Waals surface area contributed by atoms with E-state index in [1.807, 2.05) is 31.2 Å². The molecule has 2 aromatic rings. The number of anilines is 2. The normalized spacial score (nSPS) is 10.4. The van der Waals surface area contributed by atoms with Crippen LogP contribution in [0.5, 0.6) is 5.75 Å². The lowest BCUT2D eigenvalue weighted by Crippen LogP contribution is -2.40. The molecule has 0 unspecified atom stereocenters. The van der Waals surface area contributed by atoms with Crippen LogP contribution in [0.15, 0.2) is 48.5 Å². The van der Waals surface area contributed by atoms with E-state index in [1.54, 1.807) is 36.3 Å². The Balaban J connectivity index is 1.80. The number of nitrogens with zero attached hydrogens (tertiary/aromatic N) is 1. The maximum absolute atomic E-state index is 12.3. The summed E-state index contributed by atoms with van der Waals surface area (Å²) in [6, 6.07) is 14.3. The van der Waals surface area contributed by atoms with Crippen LogP contribution < -0.4 is 20.7 Å². The van der Waals surface area contributed by atoms with Crippen molar-refractivity contribution in [1.82, 2.24) is 10.2 Å². The smallest absolute Gasteiger partial charge is 0.238 e. The van der Waals surface area contributed by atoms with Gasteiger partial charge in [-0.15, -0.1) is 0 Å². The molecule has 2 aromatic carbocycles. The van der Waals surface area contributed by atoms with Gasteiger partial charge in [0.1, 0.15) is 5.75 Å². The van der Waals surface area contributed by atoms with E-state index in [0.717, 1.165) is 11.3 Å². The molecule has 0 fully saturated rings. The highest BCUT2D eigenvalue weighted by Crippen LogP contribution is 2.14. The molecule has 3 amide bonds. The standard InChI is InChI=1S/C22H28N4O4/c1-4-26(14-21(28)23-13-17-6-5-7-20(12-17)30-3)15-22(29)25-19-10-8-18(9-11-19)24-16(2)27/h5-12H,4,13-15H2,1-3H3,(H,23,28)(H,24,27)(H,25,29). The Kier molecular flexibility index (Phi) is 8.83. The van der Waals surface area contributed by atoms with E-state index in [1.165, 1.54) is 6.92 Å². The van der Waals surface area contributed by atoms with Gasteiger partial charge in [-0.2, -0.15) is 0 Å². The number of carbonyl (C=O) groups excluding carboxylic acids is 3. The summed E-state index contributed by atoms with van der Waals surface area (Å²) < 4.78 is 5.18. The fourth-order valence-corrected chi connectivity index (χ4v) is 2.77. The number of hydrogen-bond acceptors (Lipinski definition) is 5. The van der Waals surface area contributed by atoms with Gasteiger partial charge in [0.25, 0.3) is 0 Å². The second-order valence-electron chi connectivity index (χ2n) is 6.74. The molecule has 0 heterocycles. The van der Waals surface area contributed by atoms with Crippen LogP contribution in [0.2, 0.25) is 0 Å². The first-order chi connectivity index (χ1) is 14.4. The lowest BCUT2D eigenvalue weighted by Gasteiger charge is -2.19. The molecule has 0 aromatic heterocycles. The molecule has 0 saturated heterocycles. The van der Waals surface area contributed by atoms with Crippen molar-refractivity contribution < 1.29 is 19.1 Å². The van der Waals surface area contributed by atoms with E-state index in [9.17, 15) is 14.4 Å². The molecule has 0 saturated carbocycles. The minimum Gasteiger partial charge on any atom is -0.497 e. The van der Waals surface area contributed by atoms with E-state index >= 15 is 0 Å². The molecule has 30 heavy (non-hydrogen) atoms. The van der Waals surface area contributed by atoms with Crippen LogP contribution in [0.25, 0.3) is 0 Å². The number of amides is 3. The van der Waals surface area contributed by atoms with Crippen molar-refractivity contribution in [2.45, 2.75) is 20.4 Å². The van der Waals surface area contributed by atoms with Gasteiger partial charge in [0, 0.05) is 24.8 Å². The van der Waals surface area contributed by atoms with E-state index in [4.69, 9.17) is 4.74 Å². The topological polar surface area (TPSA) is 99.8 Å². The zero-order chi connectivity index (χ0) is 21.9. The molecule has 0 aliphatic rings. The Morgan fingerprint density at radius 3 is 2.17 bits per heavy atom. The Labute approximate surface area is 176 Å². The molecule has 0 radical (unpaired) electrons. The van der Waals surface area contributed by atoms with Crippen molar-refractivity contribution in [3.8, 4) is 5.75 Å². The van der Waals surface area contributed by atoms with Gasteiger partial charge in [-0.3, -0.25) is 19.3 Å². The predicted octanol–water partition coefficient (Wildman–Crippen LogP) is 2.23. The number of ether oxygens (including phenoxy) is 1. The van der Waals surface area contributed by atoms with E-state index in [0.29, 0.717) is 24.5 Å². The van der Waals surface area contributed by atoms with Crippen molar-refractivity contribution >= 4 is 29.1 Å². The molecule has 0 spiro atoms. The SMILES string of the molecule is CCN(CC(=O)NCc1cccc(OC)c1)CC(=O)Nc1ccc(NC(C)=O)cc1. The zero-order valence-electron chi connectivity index (χ0n) is 17.5. The fraction of sp³-hybridized carbons (Fsp3) is 0.318. The number of hydrogen-bond donors (Lipinski definition) is 3. The second-order valence-corrected chi connectivity index (χ2v) is 6.74. The molecule has 0 aliphatic heterocycles. The maximum Gasteiger partial charge on any atom is 0.238 e. The molecular weight excluding hydrogens is 384 g/mol. The predicted molar refractivity (Wildman–Crippen MR) is 116 cm³/mol. The number of likely N-dealkylation sites (N-methyl/N-ethyl adjacent to an activating group) is 1. The van der Waals surface area contributed by atoms with Crippen LogP contribution in [-0.4, -0.2) is 49.4 Å². The molecule has 3 N–H and O–H groups in total. The van der Waals surface area contributed by atoms with Crippen molar-refractivity contribution in [3.05, 3.63) is 54.1 Å². The third kappa shape index (κ3) is 7.92. The first-order valence-corrected chi connectivity index (χ1v) is 9.69. The first kappa shape index (κ1) is 22.9. The summed E-state index contributed by atoms with van der Waals surface area (Å²) in [5.41, 5.74) is 2.21. The summed E-state index contributed by atoms with van der Waals surface area (Å²) in [5.74, 6) is 0.200. The van der Waals surface area contributed by atoms with Gasteiger partial charge in [0.15, 0.2) is 0 Å². The van der Waals surface area contributed by atoms with Crippen LogP contribution in [0.4, 0.5) is 11.4 Å². The Morgan fingerprint density at radius 2 is 1.57 bits per heavy atom. The Hall–Kier alpha value is -3.39. The molecule has 0 atom stereocenters. The summed E-state index contributed by atoms with van der Waals surface area (Å²) >= 11 is 0. The van der Waals surface area contributed by atoms with Crippen LogP contribution in [-0.2, 0) is 20.9 Å². The van der Waals surface area contributed by atoms with Crippen molar-refractivity contribution in [1.29, 1.82) is 0 Å². The lowest BCUT2D eigenvalue weighted by molar-refractivity contribution is -0.123. The number of benzene rings is 2. The van der Waals surface area contributed by atoms with E-state index in [2.05, 4.69) is 16.0 Å². The number of carbonyl (C=O) groups is 3. The minimum atomic E-state index is -0.218. The maximum atomic E-state index is 12.3. The van der Waals surface area contributed by atoms with Crippen molar-refractivity contribution in [2.24, 2.45) is 0 Å². The molecular formula is C22H28N4O4. The molecule has 0 aliphatic carbocycles. The van der Waals surface area contributed by atoms with Gasteiger partial charge in [-0.1, -0.05) is 19.1 Å². The summed E-state index contributed by atoms with van der Waals surface area (Å²) in [7, 11) is 1.60. The molecule has 8 nitrogen and oxygen atoms in total. The average Bonchev–Trinajstić information content (AvgIpc) is 2.73. The second kappa shape index (κ2) is 11.6. The monoisotopic (exact) mass is 412 g/mol. The highest BCUT2D eigenvalue weighted by Gasteiger charge is 2.13.